The predicted molar refractivity (Wildman–Crippen MR) is 106 cm³/mol. The summed E-state index contributed by atoms with van der Waals surface area (Å²) in [6, 6.07) is 10.7. The van der Waals surface area contributed by atoms with Crippen LogP contribution in [0.1, 0.15) is 12.0 Å². The molecule has 2 aliphatic heterocycles. The highest BCUT2D eigenvalue weighted by Crippen LogP contribution is 2.21. The molecule has 1 saturated heterocycles. The van der Waals surface area contributed by atoms with Crippen LogP contribution in [0.5, 0.6) is 0 Å². The number of hydrogen-bond donors (Lipinski definition) is 1. The van der Waals surface area contributed by atoms with Crippen molar-refractivity contribution >= 4 is 23.3 Å². The minimum Gasteiger partial charge on any atom is -0.355 e. The van der Waals surface area contributed by atoms with Gasteiger partial charge in [-0.25, -0.2) is 0 Å². The third-order valence-corrected chi connectivity index (χ3v) is 5.62. The van der Waals surface area contributed by atoms with Crippen LogP contribution in [0.2, 0.25) is 0 Å². The number of guanidine groups is 1. The second kappa shape index (κ2) is 9.14. The molecular weight excluding hydrogens is 316 g/mol. The number of nitrogens with one attached hydrogen (secondary N) is 1. The number of aliphatic imine (C=N–C) groups is 1. The highest BCUT2D eigenvalue weighted by Gasteiger charge is 2.16. The lowest BCUT2D eigenvalue weighted by Gasteiger charge is -2.31. The Kier molecular flexibility index (Phi) is 6.61. The van der Waals surface area contributed by atoms with E-state index in [2.05, 4.69) is 68.3 Å². The second-order valence-electron chi connectivity index (χ2n) is 6.22. The summed E-state index contributed by atoms with van der Waals surface area (Å²) in [5.41, 5.74) is 2.80. The minimum absolute atomic E-state index is 0.935. The molecule has 0 atom stereocenters. The summed E-state index contributed by atoms with van der Waals surface area (Å²) in [5, 5.41) is 3.54. The van der Waals surface area contributed by atoms with Gasteiger partial charge in [0, 0.05) is 57.8 Å². The first-order chi connectivity index (χ1) is 11.9. The van der Waals surface area contributed by atoms with Gasteiger partial charge in [0.1, 0.15) is 0 Å². The molecule has 2 heterocycles. The van der Waals surface area contributed by atoms with Gasteiger partial charge in [-0.3, -0.25) is 9.89 Å². The number of thioether (sulfide) groups is 1. The normalized spacial score (nSPS) is 20.0. The highest BCUT2D eigenvalue weighted by molar-refractivity contribution is 7.99. The van der Waals surface area contributed by atoms with E-state index in [1.165, 1.54) is 35.7 Å². The SMILES string of the molecule is CN=C(NCCN1CCSCC1)N1CC=C(c2ccccc2)CC1. The van der Waals surface area contributed by atoms with Gasteiger partial charge in [-0.1, -0.05) is 36.4 Å². The van der Waals surface area contributed by atoms with E-state index in [1.54, 1.807) is 0 Å². The van der Waals surface area contributed by atoms with E-state index in [0.717, 1.165) is 38.6 Å². The van der Waals surface area contributed by atoms with Crippen LogP contribution in [0, 0.1) is 0 Å². The summed E-state index contributed by atoms with van der Waals surface area (Å²) in [5.74, 6) is 3.58. The topological polar surface area (TPSA) is 30.9 Å². The molecule has 0 aromatic heterocycles. The Hall–Kier alpha value is -1.46. The third-order valence-electron chi connectivity index (χ3n) is 4.68. The van der Waals surface area contributed by atoms with Crippen molar-refractivity contribution < 1.29 is 0 Å². The fourth-order valence-electron chi connectivity index (χ4n) is 3.26. The number of hydrogen-bond acceptors (Lipinski definition) is 3. The molecule has 24 heavy (non-hydrogen) atoms. The Morgan fingerprint density at radius 3 is 2.62 bits per heavy atom. The van der Waals surface area contributed by atoms with E-state index in [9.17, 15) is 0 Å². The van der Waals surface area contributed by atoms with Gasteiger partial charge in [-0.05, 0) is 17.6 Å². The number of rotatable bonds is 4. The van der Waals surface area contributed by atoms with Crippen LogP contribution in [-0.2, 0) is 0 Å². The van der Waals surface area contributed by atoms with E-state index in [4.69, 9.17) is 0 Å². The molecule has 1 fully saturated rings. The van der Waals surface area contributed by atoms with Crippen molar-refractivity contribution in [2.45, 2.75) is 6.42 Å². The number of benzene rings is 1. The summed E-state index contributed by atoms with van der Waals surface area (Å²) < 4.78 is 0. The van der Waals surface area contributed by atoms with Gasteiger partial charge in [-0.15, -0.1) is 0 Å². The minimum atomic E-state index is 0.935. The van der Waals surface area contributed by atoms with E-state index in [-0.39, 0.29) is 0 Å². The summed E-state index contributed by atoms with van der Waals surface area (Å²) in [4.78, 5) is 9.36. The van der Waals surface area contributed by atoms with Gasteiger partial charge in [-0.2, -0.15) is 11.8 Å². The van der Waals surface area contributed by atoms with Crippen LogP contribution >= 0.6 is 11.8 Å². The van der Waals surface area contributed by atoms with Crippen LogP contribution in [0.15, 0.2) is 41.4 Å². The largest absolute Gasteiger partial charge is 0.355 e. The Bertz CT molecular complexity index is 564. The molecule has 0 saturated carbocycles. The summed E-state index contributed by atoms with van der Waals surface area (Å²) >= 11 is 2.06. The van der Waals surface area contributed by atoms with Crippen LogP contribution < -0.4 is 5.32 Å². The molecule has 0 spiro atoms. The van der Waals surface area contributed by atoms with Crippen LogP contribution in [-0.4, -0.2) is 73.6 Å². The average molecular weight is 345 g/mol. The maximum atomic E-state index is 4.47. The maximum absolute atomic E-state index is 4.47. The van der Waals surface area contributed by atoms with Crippen molar-refractivity contribution in [1.82, 2.24) is 15.1 Å². The van der Waals surface area contributed by atoms with Gasteiger partial charge >= 0.3 is 0 Å². The van der Waals surface area contributed by atoms with Crippen molar-refractivity contribution in [1.29, 1.82) is 0 Å². The van der Waals surface area contributed by atoms with E-state index in [1.807, 2.05) is 7.05 Å². The molecule has 3 rings (SSSR count). The standard InChI is InChI=1S/C19H28N4S/c1-20-19(21-9-12-22-13-15-24-16-14-22)23-10-7-18(8-11-23)17-5-3-2-4-6-17/h2-7H,8-16H2,1H3,(H,20,21). The first-order valence-corrected chi connectivity index (χ1v) is 10.0. The van der Waals surface area contributed by atoms with Gasteiger partial charge in [0.05, 0.1) is 0 Å². The van der Waals surface area contributed by atoms with E-state index < -0.39 is 0 Å². The molecule has 5 heteroatoms. The van der Waals surface area contributed by atoms with Crippen molar-refractivity contribution in [3.63, 3.8) is 0 Å². The zero-order chi connectivity index (χ0) is 16.6. The monoisotopic (exact) mass is 344 g/mol. The molecule has 0 aliphatic carbocycles. The Balaban J connectivity index is 1.47. The van der Waals surface area contributed by atoms with E-state index >= 15 is 0 Å². The molecular formula is C19H28N4S. The van der Waals surface area contributed by atoms with Crippen molar-refractivity contribution in [2.75, 3.05) is 57.8 Å². The van der Waals surface area contributed by atoms with Crippen molar-refractivity contribution in [3.05, 3.63) is 42.0 Å². The lowest BCUT2D eigenvalue weighted by molar-refractivity contribution is 0.304. The molecule has 0 unspecified atom stereocenters. The lowest BCUT2D eigenvalue weighted by Crippen LogP contribution is -2.46. The fourth-order valence-corrected chi connectivity index (χ4v) is 4.24. The van der Waals surface area contributed by atoms with Crippen LogP contribution in [0.25, 0.3) is 5.57 Å². The Labute approximate surface area is 150 Å². The summed E-state index contributed by atoms with van der Waals surface area (Å²) in [7, 11) is 1.89. The Morgan fingerprint density at radius 1 is 1.17 bits per heavy atom. The first-order valence-electron chi connectivity index (χ1n) is 8.87. The second-order valence-corrected chi connectivity index (χ2v) is 7.44. The van der Waals surface area contributed by atoms with Crippen LogP contribution in [0.4, 0.5) is 0 Å². The smallest absolute Gasteiger partial charge is 0.193 e. The molecule has 0 radical (unpaired) electrons. The molecule has 2 aliphatic rings. The molecule has 0 amide bonds. The summed E-state index contributed by atoms with van der Waals surface area (Å²) in [6.07, 6.45) is 3.42. The molecule has 1 N–H and O–H groups in total. The first kappa shape index (κ1) is 17.4. The van der Waals surface area contributed by atoms with Crippen molar-refractivity contribution in [2.24, 2.45) is 4.99 Å². The molecule has 1 aromatic carbocycles. The highest BCUT2D eigenvalue weighted by atomic mass is 32.2. The maximum Gasteiger partial charge on any atom is 0.193 e. The molecule has 130 valence electrons. The van der Waals surface area contributed by atoms with Crippen molar-refractivity contribution in [3.8, 4) is 0 Å². The zero-order valence-electron chi connectivity index (χ0n) is 14.6. The average Bonchev–Trinajstić information content (AvgIpc) is 2.67. The van der Waals surface area contributed by atoms with Gasteiger partial charge in [0.2, 0.25) is 0 Å². The lowest BCUT2D eigenvalue weighted by atomic mass is 10.00. The number of nitrogens with zero attached hydrogens (tertiary/aromatic N) is 3. The fraction of sp³-hybridized carbons (Fsp3) is 0.526. The van der Waals surface area contributed by atoms with E-state index in [0.29, 0.717) is 0 Å². The van der Waals surface area contributed by atoms with Gasteiger partial charge < -0.3 is 10.2 Å². The Morgan fingerprint density at radius 2 is 1.96 bits per heavy atom. The molecule has 1 aromatic rings. The quantitative estimate of drug-likeness (QED) is 0.671. The molecule has 4 nitrogen and oxygen atoms in total. The molecule has 0 bridgehead atoms. The third kappa shape index (κ3) is 4.77. The zero-order valence-corrected chi connectivity index (χ0v) is 15.4. The van der Waals surface area contributed by atoms with Gasteiger partial charge in [0.15, 0.2) is 5.96 Å². The predicted octanol–water partition coefficient (Wildman–Crippen LogP) is 2.40. The summed E-state index contributed by atoms with van der Waals surface area (Å²) in [6.45, 7) is 6.49. The van der Waals surface area contributed by atoms with Gasteiger partial charge in [0.25, 0.3) is 0 Å². The van der Waals surface area contributed by atoms with Crippen LogP contribution in [0.3, 0.4) is 0 Å².